The number of halogens is 1. The van der Waals surface area contributed by atoms with Gasteiger partial charge in [0.1, 0.15) is 5.82 Å². The quantitative estimate of drug-likeness (QED) is 0.783. The van der Waals surface area contributed by atoms with Gasteiger partial charge in [-0.15, -0.1) is 12.6 Å². The van der Waals surface area contributed by atoms with E-state index in [9.17, 15) is 9.18 Å². The Hall–Kier alpha value is -1.81. The predicted octanol–water partition coefficient (Wildman–Crippen LogP) is 3.37. The number of hydrogen-bond donors (Lipinski definition) is 2. The molecule has 0 saturated carbocycles. The third-order valence-electron chi connectivity index (χ3n) is 2.24. The van der Waals surface area contributed by atoms with Crippen molar-refractivity contribution in [2.45, 2.75) is 4.90 Å². The summed E-state index contributed by atoms with van der Waals surface area (Å²) in [6.07, 6.45) is 0. The molecule has 0 aliphatic rings. The Bertz CT molecular complexity index is 542. The molecule has 0 bridgehead atoms. The summed E-state index contributed by atoms with van der Waals surface area (Å²) in [6, 6.07) is 13.1. The molecule has 2 aromatic rings. The molecule has 0 saturated heterocycles. The Morgan fingerprint density at radius 3 is 2.47 bits per heavy atom. The van der Waals surface area contributed by atoms with Gasteiger partial charge in [0, 0.05) is 16.1 Å². The standard InChI is InChI=1S/C13H10FNOS/c14-11-7-6-9(8-12(11)17)13(16)15-10-4-2-1-3-5-10/h1-8,17H,(H,15,16). The summed E-state index contributed by atoms with van der Waals surface area (Å²) in [6.45, 7) is 0. The van der Waals surface area contributed by atoms with Crippen molar-refractivity contribution in [2.24, 2.45) is 0 Å². The van der Waals surface area contributed by atoms with Gasteiger partial charge >= 0.3 is 0 Å². The van der Waals surface area contributed by atoms with Crippen LogP contribution in [-0.2, 0) is 0 Å². The van der Waals surface area contributed by atoms with Gasteiger partial charge in [-0.3, -0.25) is 4.79 Å². The Morgan fingerprint density at radius 1 is 1.12 bits per heavy atom. The van der Waals surface area contributed by atoms with E-state index in [4.69, 9.17) is 0 Å². The van der Waals surface area contributed by atoms with E-state index in [0.717, 1.165) is 0 Å². The number of rotatable bonds is 2. The van der Waals surface area contributed by atoms with E-state index in [1.165, 1.54) is 18.2 Å². The number of hydrogen-bond acceptors (Lipinski definition) is 2. The highest BCUT2D eigenvalue weighted by atomic mass is 32.1. The lowest BCUT2D eigenvalue weighted by molar-refractivity contribution is 0.102. The predicted molar refractivity (Wildman–Crippen MR) is 68.0 cm³/mol. The third kappa shape index (κ3) is 2.85. The molecule has 0 aliphatic carbocycles. The molecule has 0 atom stereocenters. The summed E-state index contributed by atoms with van der Waals surface area (Å²) >= 11 is 3.93. The van der Waals surface area contributed by atoms with Crippen molar-refractivity contribution in [1.82, 2.24) is 0 Å². The van der Waals surface area contributed by atoms with Crippen molar-refractivity contribution in [3.8, 4) is 0 Å². The van der Waals surface area contributed by atoms with E-state index in [1.54, 1.807) is 12.1 Å². The highest BCUT2D eigenvalue weighted by Crippen LogP contribution is 2.15. The second-order valence-corrected chi connectivity index (χ2v) is 3.97. The minimum Gasteiger partial charge on any atom is -0.322 e. The first-order chi connectivity index (χ1) is 8.16. The van der Waals surface area contributed by atoms with Crippen molar-refractivity contribution in [3.05, 3.63) is 59.9 Å². The number of anilines is 1. The Morgan fingerprint density at radius 2 is 1.82 bits per heavy atom. The topological polar surface area (TPSA) is 29.1 Å². The second-order valence-electron chi connectivity index (χ2n) is 3.49. The zero-order valence-electron chi connectivity index (χ0n) is 8.85. The maximum atomic E-state index is 13.0. The van der Waals surface area contributed by atoms with Crippen molar-refractivity contribution in [3.63, 3.8) is 0 Å². The van der Waals surface area contributed by atoms with E-state index in [1.807, 2.05) is 18.2 Å². The van der Waals surface area contributed by atoms with Gasteiger partial charge in [0.25, 0.3) is 5.91 Å². The fourth-order valence-corrected chi connectivity index (χ4v) is 1.59. The number of thiol groups is 1. The molecule has 0 aromatic heterocycles. The summed E-state index contributed by atoms with van der Waals surface area (Å²) in [4.78, 5) is 12.0. The maximum Gasteiger partial charge on any atom is 0.255 e. The van der Waals surface area contributed by atoms with Crippen LogP contribution >= 0.6 is 12.6 Å². The van der Waals surface area contributed by atoms with Gasteiger partial charge in [-0.05, 0) is 30.3 Å². The molecule has 86 valence electrons. The lowest BCUT2D eigenvalue weighted by atomic mass is 10.2. The molecule has 0 unspecified atom stereocenters. The van der Waals surface area contributed by atoms with Crippen LogP contribution in [0.15, 0.2) is 53.4 Å². The molecule has 2 aromatic carbocycles. The Kier molecular flexibility index (Phi) is 3.44. The number of carbonyl (C=O) groups is 1. The van der Waals surface area contributed by atoms with Crippen LogP contribution in [0.1, 0.15) is 10.4 Å². The lowest BCUT2D eigenvalue weighted by Crippen LogP contribution is -2.11. The molecule has 4 heteroatoms. The van der Waals surface area contributed by atoms with E-state index >= 15 is 0 Å². The molecule has 0 aliphatic heterocycles. The van der Waals surface area contributed by atoms with Crippen LogP contribution in [0.4, 0.5) is 10.1 Å². The number of nitrogens with one attached hydrogen (secondary N) is 1. The Labute approximate surface area is 104 Å². The molecular formula is C13H10FNOS. The molecule has 0 heterocycles. The zero-order valence-corrected chi connectivity index (χ0v) is 9.75. The fourth-order valence-electron chi connectivity index (χ4n) is 1.38. The van der Waals surface area contributed by atoms with Crippen LogP contribution in [0.3, 0.4) is 0 Å². The highest BCUT2D eigenvalue weighted by Gasteiger charge is 2.08. The SMILES string of the molecule is O=C(Nc1ccccc1)c1ccc(F)c(S)c1. The molecule has 1 amide bonds. The smallest absolute Gasteiger partial charge is 0.255 e. The van der Waals surface area contributed by atoms with Crippen molar-refractivity contribution >= 4 is 24.2 Å². The van der Waals surface area contributed by atoms with Crippen LogP contribution in [0.25, 0.3) is 0 Å². The monoisotopic (exact) mass is 247 g/mol. The number of amides is 1. The van der Waals surface area contributed by atoms with Gasteiger partial charge in [-0.1, -0.05) is 18.2 Å². The van der Waals surface area contributed by atoms with Crippen LogP contribution in [0.2, 0.25) is 0 Å². The van der Waals surface area contributed by atoms with Crippen molar-refractivity contribution in [2.75, 3.05) is 5.32 Å². The molecule has 1 N–H and O–H groups in total. The van der Waals surface area contributed by atoms with Gasteiger partial charge in [0.2, 0.25) is 0 Å². The summed E-state index contributed by atoms with van der Waals surface area (Å²) < 4.78 is 13.0. The lowest BCUT2D eigenvalue weighted by Gasteiger charge is -2.05. The van der Waals surface area contributed by atoms with Gasteiger partial charge in [-0.2, -0.15) is 0 Å². The van der Waals surface area contributed by atoms with Gasteiger partial charge in [-0.25, -0.2) is 4.39 Å². The number of carbonyl (C=O) groups excluding carboxylic acids is 1. The zero-order chi connectivity index (χ0) is 12.3. The highest BCUT2D eigenvalue weighted by molar-refractivity contribution is 7.80. The first-order valence-electron chi connectivity index (χ1n) is 5.02. The number of benzene rings is 2. The van der Waals surface area contributed by atoms with Crippen molar-refractivity contribution in [1.29, 1.82) is 0 Å². The maximum absolute atomic E-state index is 13.0. The summed E-state index contributed by atoms with van der Waals surface area (Å²) in [5, 5.41) is 2.71. The van der Waals surface area contributed by atoms with Crippen molar-refractivity contribution < 1.29 is 9.18 Å². The normalized spacial score (nSPS) is 10.0. The summed E-state index contributed by atoms with van der Waals surface area (Å²) in [7, 11) is 0. The minimum atomic E-state index is -0.440. The minimum absolute atomic E-state index is 0.158. The molecule has 0 fully saturated rings. The Balaban J connectivity index is 2.18. The van der Waals surface area contributed by atoms with Crippen LogP contribution in [0, 0.1) is 5.82 Å². The fraction of sp³-hybridized carbons (Fsp3) is 0. The van der Waals surface area contributed by atoms with Crippen LogP contribution < -0.4 is 5.32 Å². The molecular weight excluding hydrogens is 237 g/mol. The summed E-state index contributed by atoms with van der Waals surface area (Å²) in [5.74, 6) is -0.726. The van der Waals surface area contributed by atoms with Gasteiger partial charge in [0.05, 0.1) is 0 Å². The third-order valence-corrected chi connectivity index (χ3v) is 2.58. The first-order valence-corrected chi connectivity index (χ1v) is 5.46. The van der Waals surface area contributed by atoms with Crippen LogP contribution in [-0.4, -0.2) is 5.91 Å². The van der Waals surface area contributed by atoms with Crippen LogP contribution in [0.5, 0.6) is 0 Å². The second kappa shape index (κ2) is 5.01. The average Bonchev–Trinajstić information content (AvgIpc) is 2.34. The summed E-state index contributed by atoms with van der Waals surface area (Å²) in [5.41, 5.74) is 1.07. The average molecular weight is 247 g/mol. The largest absolute Gasteiger partial charge is 0.322 e. The van der Waals surface area contributed by atoms with Gasteiger partial charge in [0.15, 0.2) is 0 Å². The van der Waals surface area contributed by atoms with E-state index < -0.39 is 5.82 Å². The molecule has 0 radical (unpaired) electrons. The van der Waals surface area contributed by atoms with E-state index in [-0.39, 0.29) is 10.8 Å². The molecule has 2 nitrogen and oxygen atoms in total. The van der Waals surface area contributed by atoms with E-state index in [2.05, 4.69) is 17.9 Å². The number of para-hydroxylation sites is 1. The molecule has 2 rings (SSSR count). The molecule has 0 spiro atoms. The molecule has 17 heavy (non-hydrogen) atoms. The van der Waals surface area contributed by atoms with E-state index in [0.29, 0.717) is 11.3 Å². The van der Waals surface area contributed by atoms with Gasteiger partial charge < -0.3 is 5.32 Å². The first kappa shape index (κ1) is 11.7.